The van der Waals surface area contributed by atoms with E-state index in [9.17, 15) is 0 Å². The normalized spacial score (nSPS) is 7.14. The Labute approximate surface area is 44.9 Å². The van der Waals surface area contributed by atoms with Crippen molar-refractivity contribution in [1.29, 1.82) is 0 Å². The van der Waals surface area contributed by atoms with E-state index in [4.69, 9.17) is 5.73 Å². The van der Waals surface area contributed by atoms with Crippen molar-refractivity contribution < 1.29 is 0 Å². The van der Waals surface area contributed by atoms with E-state index >= 15 is 0 Å². The standard InChI is InChI=1S/C6H10N/c1-2-3-4-5-6-7/h7H,2-3,6H2,1H3. The van der Waals surface area contributed by atoms with Crippen LogP contribution in [0.5, 0.6) is 0 Å². The highest BCUT2D eigenvalue weighted by Crippen LogP contribution is 1.79. The van der Waals surface area contributed by atoms with Crippen LogP contribution in [0.25, 0.3) is 0 Å². The van der Waals surface area contributed by atoms with Gasteiger partial charge in [-0.25, -0.2) is 5.73 Å². The smallest absolute Gasteiger partial charge is 0.0712 e. The van der Waals surface area contributed by atoms with E-state index in [0.29, 0.717) is 0 Å². The van der Waals surface area contributed by atoms with Crippen molar-refractivity contribution in [2.45, 2.75) is 19.8 Å². The highest BCUT2D eigenvalue weighted by molar-refractivity contribution is 4.98. The van der Waals surface area contributed by atoms with Gasteiger partial charge in [-0.1, -0.05) is 12.8 Å². The van der Waals surface area contributed by atoms with Crippen LogP contribution in [0.1, 0.15) is 19.8 Å². The summed E-state index contributed by atoms with van der Waals surface area (Å²) in [5.41, 5.74) is 6.61. The number of nitrogens with one attached hydrogen (secondary N) is 1. The SMILES string of the molecule is CCCC#CC[NH]. The summed E-state index contributed by atoms with van der Waals surface area (Å²) in [6, 6.07) is 0. The maximum Gasteiger partial charge on any atom is 0.0712 e. The first kappa shape index (κ1) is 6.52. The largest absolute Gasteiger partial charge is 0.245 e. The summed E-state index contributed by atoms with van der Waals surface area (Å²) in [5, 5.41) is 0. The Balaban J connectivity index is 2.91. The fraction of sp³-hybridized carbons (Fsp3) is 0.667. The first-order valence-corrected chi connectivity index (χ1v) is 2.52. The predicted molar refractivity (Wildman–Crippen MR) is 30.6 cm³/mol. The Morgan fingerprint density at radius 2 is 2.14 bits per heavy atom. The van der Waals surface area contributed by atoms with Gasteiger partial charge in [0.15, 0.2) is 0 Å². The first-order valence-electron chi connectivity index (χ1n) is 2.52. The van der Waals surface area contributed by atoms with Crippen LogP contribution in [0.4, 0.5) is 0 Å². The highest BCUT2D eigenvalue weighted by Gasteiger charge is 1.66. The first-order chi connectivity index (χ1) is 3.41. The summed E-state index contributed by atoms with van der Waals surface area (Å²) < 4.78 is 0. The lowest BCUT2D eigenvalue weighted by Gasteiger charge is -1.74. The lowest BCUT2D eigenvalue weighted by molar-refractivity contribution is 0.981. The van der Waals surface area contributed by atoms with Gasteiger partial charge in [0, 0.05) is 6.42 Å². The van der Waals surface area contributed by atoms with Crippen molar-refractivity contribution >= 4 is 0 Å². The molecule has 0 aliphatic rings. The topological polar surface area (TPSA) is 23.8 Å². The predicted octanol–water partition coefficient (Wildman–Crippen LogP) is 1.07. The quantitative estimate of drug-likeness (QED) is 0.436. The van der Waals surface area contributed by atoms with Crippen molar-refractivity contribution in [3.05, 3.63) is 0 Å². The Bertz CT molecular complexity index is 75.9. The van der Waals surface area contributed by atoms with Gasteiger partial charge < -0.3 is 0 Å². The van der Waals surface area contributed by atoms with E-state index in [1.54, 1.807) is 0 Å². The van der Waals surface area contributed by atoms with Gasteiger partial charge in [0.05, 0.1) is 6.54 Å². The van der Waals surface area contributed by atoms with Gasteiger partial charge in [-0.2, -0.15) is 0 Å². The maximum atomic E-state index is 6.61. The lowest BCUT2D eigenvalue weighted by Crippen LogP contribution is -1.74. The molecule has 0 spiro atoms. The maximum absolute atomic E-state index is 6.61. The molecule has 1 heteroatoms. The molecule has 39 valence electrons. The van der Waals surface area contributed by atoms with E-state index in [1.165, 1.54) is 0 Å². The van der Waals surface area contributed by atoms with Gasteiger partial charge in [-0.05, 0) is 6.42 Å². The molecule has 0 aliphatic heterocycles. The third-order valence-electron chi connectivity index (χ3n) is 0.588. The van der Waals surface area contributed by atoms with Crippen LogP contribution in [0.2, 0.25) is 0 Å². The van der Waals surface area contributed by atoms with E-state index in [0.717, 1.165) is 12.8 Å². The van der Waals surface area contributed by atoms with Crippen molar-refractivity contribution in [3.8, 4) is 11.8 Å². The molecule has 0 unspecified atom stereocenters. The number of hydrogen-bond acceptors (Lipinski definition) is 0. The molecular formula is C6H10N. The molecule has 0 fully saturated rings. The third kappa shape index (κ3) is 5.52. The molecule has 0 aromatic carbocycles. The minimum Gasteiger partial charge on any atom is -0.245 e. The summed E-state index contributed by atoms with van der Waals surface area (Å²) in [6.07, 6.45) is 2.05. The van der Waals surface area contributed by atoms with Gasteiger partial charge in [0.25, 0.3) is 0 Å². The van der Waals surface area contributed by atoms with Crippen LogP contribution >= 0.6 is 0 Å². The second-order valence-electron chi connectivity index (χ2n) is 1.28. The van der Waals surface area contributed by atoms with Gasteiger partial charge in [-0.15, -0.1) is 5.92 Å². The molecule has 0 atom stereocenters. The summed E-state index contributed by atoms with van der Waals surface area (Å²) in [4.78, 5) is 0. The molecule has 7 heavy (non-hydrogen) atoms. The average molecular weight is 96.2 g/mol. The van der Waals surface area contributed by atoms with Crippen molar-refractivity contribution in [2.24, 2.45) is 0 Å². The van der Waals surface area contributed by atoms with E-state index in [2.05, 4.69) is 18.8 Å². The molecule has 0 bridgehead atoms. The molecule has 1 N–H and O–H groups in total. The molecule has 0 aliphatic carbocycles. The highest BCUT2D eigenvalue weighted by atomic mass is 14.5. The monoisotopic (exact) mass is 96.1 g/mol. The number of hydrogen-bond donors (Lipinski definition) is 0. The molecular weight excluding hydrogens is 86.1 g/mol. The molecule has 0 amide bonds. The van der Waals surface area contributed by atoms with Gasteiger partial charge in [-0.3, -0.25) is 0 Å². The molecule has 0 heterocycles. The van der Waals surface area contributed by atoms with E-state index < -0.39 is 0 Å². The second kappa shape index (κ2) is 5.52. The molecule has 0 saturated carbocycles. The summed E-state index contributed by atoms with van der Waals surface area (Å²) in [7, 11) is 0. The van der Waals surface area contributed by atoms with Crippen molar-refractivity contribution in [2.75, 3.05) is 6.54 Å². The van der Waals surface area contributed by atoms with Crippen LogP contribution in [0.3, 0.4) is 0 Å². The molecule has 1 nitrogen and oxygen atoms in total. The lowest BCUT2D eigenvalue weighted by atomic mass is 10.3. The number of rotatable bonds is 1. The van der Waals surface area contributed by atoms with Gasteiger partial charge in [0.1, 0.15) is 0 Å². The van der Waals surface area contributed by atoms with E-state index in [-0.39, 0.29) is 6.54 Å². The zero-order valence-electron chi connectivity index (χ0n) is 4.62. The summed E-state index contributed by atoms with van der Waals surface area (Å²) in [5.74, 6) is 5.51. The van der Waals surface area contributed by atoms with E-state index in [1.807, 2.05) is 0 Å². The zero-order chi connectivity index (χ0) is 5.54. The summed E-state index contributed by atoms with van der Waals surface area (Å²) in [6.45, 7) is 2.33. The van der Waals surface area contributed by atoms with Crippen LogP contribution in [0.15, 0.2) is 0 Å². The molecule has 0 aromatic heterocycles. The zero-order valence-corrected chi connectivity index (χ0v) is 4.62. The molecule has 0 rings (SSSR count). The second-order valence-corrected chi connectivity index (χ2v) is 1.28. The van der Waals surface area contributed by atoms with Crippen molar-refractivity contribution in [3.63, 3.8) is 0 Å². The van der Waals surface area contributed by atoms with Crippen molar-refractivity contribution in [1.82, 2.24) is 5.73 Å². The molecule has 0 saturated heterocycles. The van der Waals surface area contributed by atoms with Crippen LogP contribution in [0, 0.1) is 11.8 Å². The van der Waals surface area contributed by atoms with Gasteiger partial charge in [0.2, 0.25) is 0 Å². The van der Waals surface area contributed by atoms with Crippen LogP contribution in [-0.4, -0.2) is 6.54 Å². The fourth-order valence-corrected chi connectivity index (χ4v) is 0.276. The summed E-state index contributed by atoms with van der Waals surface area (Å²) >= 11 is 0. The Kier molecular flexibility index (Phi) is 5.14. The number of unbranched alkanes of at least 4 members (excludes halogenated alkanes) is 1. The third-order valence-corrected chi connectivity index (χ3v) is 0.588. The Morgan fingerprint density at radius 1 is 1.43 bits per heavy atom. The Morgan fingerprint density at radius 3 is 2.57 bits per heavy atom. The molecule has 1 radical (unpaired) electrons. The fourth-order valence-electron chi connectivity index (χ4n) is 0.276. The minimum atomic E-state index is 0.250. The molecule has 0 aromatic rings. The van der Waals surface area contributed by atoms with Gasteiger partial charge >= 0.3 is 0 Å². The van der Waals surface area contributed by atoms with Crippen LogP contribution < -0.4 is 5.73 Å². The Hall–Kier alpha value is -0.480. The minimum absolute atomic E-state index is 0.250. The van der Waals surface area contributed by atoms with Crippen LogP contribution in [-0.2, 0) is 0 Å². The average Bonchev–Trinajstić information content (AvgIpc) is 1.69.